The number of rotatable bonds is 5. The third-order valence-electron chi connectivity index (χ3n) is 2.97. The van der Waals surface area contributed by atoms with Crippen molar-refractivity contribution in [2.45, 2.75) is 0 Å². The van der Waals surface area contributed by atoms with Crippen LogP contribution in [0.15, 0.2) is 47.1 Å². The Morgan fingerprint density at radius 3 is 2.86 bits per heavy atom. The smallest absolute Gasteiger partial charge is 0.331 e. The van der Waals surface area contributed by atoms with Gasteiger partial charge < -0.3 is 18.6 Å². The van der Waals surface area contributed by atoms with Crippen molar-refractivity contribution in [1.82, 2.24) is 0 Å². The molecule has 22 heavy (non-hydrogen) atoms. The van der Waals surface area contributed by atoms with Crippen molar-refractivity contribution in [2.24, 2.45) is 0 Å². The van der Waals surface area contributed by atoms with E-state index >= 15 is 0 Å². The van der Waals surface area contributed by atoms with Crippen LogP contribution in [0.1, 0.15) is 16.1 Å². The molecule has 1 aliphatic rings. The minimum atomic E-state index is -0.620. The normalized spacial score (nSPS) is 12.5. The molecule has 0 unspecified atom stereocenters. The molecule has 0 saturated carbocycles. The van der Waals surface area contributed by atoms with Crippen LogP contribution in [0, 0.1) is 0 Å². The number of esters is 1. The fourth-order valence-corrected chi connectivity index (χ4v) is 1.87. The largest absolute Gasteiger partial charge is 0.465 e. The van der Waals surface area contributed by atoms with E-state index in [4.69, 9.17) is 18.6 Å². The first-order chi connectivity index (χ1) is 10.7. The zero-order valence-corrected chi connectivity index (χ0v) is 11.5. The first-order valence-electron chi connectivity index (χ1n) is 6.53. The summed E-state index contributed by atoms with van der Waals surface area (Å²) in [5.74, 6) is 0.687. The summed E-state index contributed by atoms with van der Waals surface area (Å²) in [6.45, 7) is -0.208. The van der Waals surface area contributed by atoms with Crippen LogP contribution in [-0.2, 0) is 9.53 Å². The van der Waals surface area contributed by atoms with Crippen LogP contribution in [0.5, 0.6) is 11.5 Å². The summed E-state index contributed by atoms with van der Waals surface area (Å²) >= 11 is 0. The Bertz CT molecular complexity index is 714. The molecule has 0 radical (unpaired) electrons. The standard InChI is InChI=1S/C16H12O6/c17-13(11-3-5-14-15(8-11)22-10-21-14)9-20-16(18)6-4-12-2-1-7-19-12/h1-8H,9-10H2/b6-4+. The lowest BCUT2D eigenvalue weighted by molar-refractivity contribution is -0.136. The second-order valence-corrected chi connectivity index (χ2v) is 4.45. The van der Waals surface area contributed by atoms with Crippen molar-refractivity contribution in [1.29, 1.82) is 0 Å². The van der Waals surface area contributed by atoms with Crippen LogP contribution >= 0.6 is 0 Å². The molecule has 0 bridgehead atoms. The van der Waals surface area contributed by atoms with E-state index < -0.39 is 5.97 Å². The van der Waals surface area contributed by atoms with Crippen LogP contribution in [0.4, 0.5) is 0 Å². The van der Waals surface area contributed by atoms with Crippen molar-refractivity contribution in [2.75, 3.05) is 13.4 Å². The van der Waals surface area contributed by atoms with Gasteiger partial charge in [-0.3, -0.25) is 4.79 Å². The van der Waals surface area contributed by atoms with Gasteiger partial charge in [0.25, 0.3) is 0 Å². The molecule has 2 aromatic rings. The molecule has 0 N–H and O–H groups in total. The number of hydrogen-bond acceptors (Lipinski definition) is 6. The zero-order chi connectivity index (χ0) is 15.4. The molecule has 1 aromatic carbocycles. The molecule has 0 amide bonds. The molecule has 0 fully saturated rings. The molecular formula is C16H12O6. The maximum atomic E-state index is 12.0. The molecule has 1 aromatic heterocycles. The number of furan rings is 1. The lowest BCUT2D eigenvalue weighted by Gasteiger charge is -2.03. The van der Waals surface area contributed by atoms with E-state index in [0.29, 0.717) is 22.8 Å². The van der Waals surface area contributed by atoms with E-state index in [0.717, 1.165) is 0 Å². The molecule has 112 valence electrons. The lowest BCUT2D eigenvalue weighted by Crippen LogP contribution is -2.12. The number of hydrogen-bond donors (Lipinski definition) is 0. The van der Waals surface area contributed by atoms with Crippen molar-refractivity contribution in [3.8, 4) is 11.5 Å². The fraction of sp³-hybridized carbons (Fsp3) is 0.125. The number of carbonyl (C=O) groups is 2. The maximum absolute atomic E-state index is 12.0. The number of ketones is 1. The number of Topliss-reactive ketones (excluding diaryl/α,β-unsaturated/α-hetero) is 1. The Labute approximate surface area is 125 Å². The van der Waals surface area contributed by atoms with Crippen molar-refractivity contribution in [3.05, 3.63) is 54.0 Å². The van der Waals surface area contributed by atoms with Crippen molar-refractivity contribution >= 4 is 17.8 Å². The second kappa shape index (κ2) is 6.17. The van der Waals surface area contributed by atoms with Gasteiger partial charge in [0.15, 0.2) is 23.9 Å². The number of ether oxygens (including phenoxy) is 3. The summed E-state index contributed by atoms with van der Waals surface area (Å²) in [5, 5.41) is 0. The molecule has 6 heteroatoms. The predicted octanol–water partition coefficient (Wildman–Crippen LogP) is 2.45. The van der Waals surface area contributed by atoms with Gasteiger partial charge in [-0.05, 0) is 36.4 Å². The third kappa shape index (κ3) is 3.17. The molecule has 3 rings (SSSR count). The molecule has 0 aliphatic carbocycles. The van der Waals surface area contributed by atoms with E-state index in [1.54, 1.807) is 30.3 Å². The summed E-state index contributed by atoms with van der Waals surface area (Å²) in [6.07, 6.45) is 4.16. The molecule has 2 heterocycles. The van der Waals surface area contributed by atoms with Gasteiger partial charge in [-0.15, -0.1) is 0 Å². The minimum Gasteiger partial charge on any atom is -0.465 e. The fourth-order valence-electron chi connectivity index (χ4n) is 1.87. The molecule has 0 atom stereocenters. The highest BCUT2D eigenvalue weighted by molar-refractivity contribution is 5.99. The topological polar surface area (TPSA) is 75.0 Å². The van der Waals surface area contributed by atoms with E-state index in [-0.39, 0.29) is 19.2 Å². The average molecular weight is 300 g/mol. The van der Waals surface area contributed by atoms with E-state index in [9.17, 15) is 9.59 Å². The first kappa shape index (κ1) is 13.9. The van der Waals surface area contributed by atoms with Gasteiger partial charge in [0.05, 0.1) is 6.26 Å². The van der Waals surface area contributed by atoms with Gasteiger partial charge in [-0.1, -0.05) is 0 Å². The van der Waals surface area contributed by atoms with E-state index in [2.05, 4.69) is 0 Å². The summed E-state index contributed by atoms with van der Waals surface area (Å²) in [4.78, 5) is 23.5. The second-order valence-electron chi connectivity index (χ2n) is 4.45. The lowest BCUT2D eigenvalue weighted by atomic mass is 10.1. The molecule has 1 aliphatic heterocycles. The Hall–Kier alpha value is -3.02. The van der Waals surface area contributed by atoms with Crippen molar-refractivity contribution in [3.63, 3.8) is 0 Å². The Morgan fingerprint density at radius 2 is 2.05 bits per heavy atom. The third-order valence-corrected chi connectivity index (χ3v) is 2.97. The highest BCUT2D eigenvalue weighted by atomic mass is 16.7. The summed E-state index contributed by atoms with van der Waals surface area (Å²) in [5.41, 5.74) is 0.395. The Balaban J connectivity index is 1.55. The molecule has 0 saturated heterocycles. The predicted molar refractivity (Wildman–Crippen MR) is 75.6 cm³/mol. The summed E-state index contributed by atoms with van der Waals surface area (Å²) < 4.78 is 20.3. The van der Waals surface area contributed by atoms with Crippen LogP contribution in [-0.4, -0.2) is 25.2 Å². The minimum absolute atomic E-state index is 0.138. The monoisotopic (exact) mass is 300 g/mol. The van der Waals surface area contributed by atoms with Crippen LogP contribution < -0.4 is 9.47 Å². The van der Waals surface area contributed by atoms with Crippen molar-refractivity contribution < 1.29 is 28.2 Å². The Kier molecular flexibility index (Phi) is 3.91. The van der Waals surface area contributed by atoms with Crippen LogP contribution in [0.3, 0.4) is 0 Å². The molecule has 6 nitrogen and oxygen atoms in total. The highest BCUT2D eigenvalue weighted by Gasteiger charge is 2.16. The Morgan fingerprint density at radius 1 is 1.18 bits per heavy atom. The SMILES string of the molecule is O=C(/C=C/c1ccco1)OCC(=O)c1ccc2c(c1)OCO2. The van der Waals surface area contributed by atoms with Gasteiger partial charge in [0, 0.05) is 11.6 Å². The number of carbonyl (C=O) groups excluding carboxylic acids is 2. The average Bonchev–Trinajstić information content (AvgIpc) is 3.20. The van der Waals surface area contributed by atoms with E-state index in [1.807, 2.05) is 0 Å². The van der Waals surface area contributed by atoms with Gasteiger partial charge >= 0.3 is 5.97 Å². The first-order valence-corrected chi connectivity index (χ1v) is 6.53. The summed E-state index contributed by atoms with van der Waals surface area (Å²) in [7, 11) is 0. The number of benzene rings is 1. The molecule has 0 spiro atoms. The quantitative estimate of drug-likeness (QED) is 0.479. The number of fused-ring (bicyclic) bond motifs is 1. The van der Waals surface area contributed by atoms with Crippen LogP contribution in [0.2, 0.25) is 0 Å². The molecular weight excluding hydrogens is 288 g/mol. The zero-order valence-electron chi connectivity index (χ0n) is 11.5. The van der Waals surface area contributed by atoms with E-state index in [1.165, 1.54) is 18.4 Å². The van der Waals surface area contributed by atoms with Crippen LogP contribution in [0.25, 0.3) is 6.08 Å². The summed E-state index contributed by atoms with van der Waals surface area (Å²) in [6, 6.07) is 8.21. The maximum Gasteiger partial charge on any atom is 0.331 e. The highest BCUT2D eigenvalue weighted by Crippen LogP contribution is 2.32. The van der Waals surface area contributed by atoms with Gasteiger partial charge in [0.1, 0.15) is 5.76 Å². The van der Waals surface area contributed by atoms with Gasteiger partial charge in [0.2, 0.25) is 6.79 Å². The van der Waals surface area contributed by atoms with Gasteiger partial charge in [-0.25, -0.2) is 4.79 Å². The van der Waals surface area contributed by atoms with Gasteiger partial charge in [-0.2, -0.15) is 0 Å².